The standard InChI is InChI=1S/C9H12BrNO/c1-9(11,6-12)7-2-4-8(10)5-3-7/h2-5,12H,6,11H2,1H3/t9-/m0/s1. The van der Waals surface area contributed by atoms with E-state index in [4.69, 9.17) is 10.8 Å². The Morgan fingerprint density at radius 1 is 1.42 bits per heavy atom. The predicted octanol–water partition coefficient (Wildman–Crippen LogP) is 1.62. The number of aliphatic hydroxyl groups excluding tert-OH is 1. The normalized spacial score (nSPS) is 15.7. The first-order chi connectivity index (χ1) is 5.56. The molecule has 2 nitrogen and oxygen atoms in total. The van der Waals surface area contributed by atoms with Gasteiger partial charge in [0.05, 0.1) is 12.1 Å². The van der Waals surface area contributed by atoms with Crippen LogP contribution in [0.3, 0.4) is 0 Å². The van der Waals surface area contributed by atoms with Crippen molar-refractivity contribution in [3.63, 3.8) is 0 Å². The number of nitrogens with two attached hydrogens (primary N) is 1. The minimum Gasteiger partial charge on any atom is -0.394 e. The van der Waals surface area contributed by atoms with Crippen LogP contribution in [0.5, 0.6) is 0 Å². The van der Waals surface area contributed by atoms with Gasteiger partial charge in [0.15, 0.2) is 0 Å². The highest BCUT2D eigenvalue weighted by molar-refractivity contribution is 9.10. The molecule has 0 aromatic heterocycles. The van der Waals surface area contributed by atoms with Gasteiger partial charge in [0, 0.05) is 4.47 Å². The fraction of sp³-hybridized carbons (Fsp3) is 0.333. The Labute approximate surface area is 80.5 Å². The van der Waals surface area contributed by atoms with Crippen LogP contribution < -0.4 is 5.73 Å². The van der Waals surface area contributed by atoms with E-state index in [1.165, 1.54) is 0 Å². The molecule has 0 saturated carbocycles. The molecule has 0 saturated heterocycles. The van der Waals surface area contributed by atoms with Crippen LogP contribution in [0.1, 0.15) is 12.5 Å². The van der Waals surface area contributed by atoms with Crippen molar-refractivity contribution >= 4 is 15.9 Å². The quantitative estimate of drug-likeness (QED) is 0.810. The summed E-state index contributed by atoms with van der Waals surface area (Å²) < 4.78 is 1.01. The summed E-state index contributed by atoms with van der Waals surface area (Å²) in [5.41, 5.74) is 6.12. The van der Waals surface area contributed by atoms with Gasteiger partial charge in [-0.25, -0.2) is 0 Å². The molecular formula is C9H12BrNO. The lowest BCUT2D eigenvalue weighted by Crippen LogP contribution is -2.36. The average molecular weight is 230 g/mol. The minimum absolute atomic E-state index is 0.0470. The van der Waals surface area contributed by atoms with E-state index in [0.717, 1.165) is 10.0 Å². The summed E-state index contributed by atoms with van der Waals surface area (Å²) in [6.07, 6.45) is 0. The zero-order chi connectivity index (χ0) is 9.19. The molecule has 0 amide bonds. The van der Waals surface area contributed by atoms with Crippen LogP contribution in [0.25, 0.3) is 0 Å². The van der Waals surface area contributed by atoms with Crippen molar-refractivity contribution in [2.75, 3.05) is 6.61 Å². The van der Waals surface area contributed by atoms with Crippen LogP contribution in [0, 0.1) is 0 Å². The van der Waals surface area contributed by atoms with E-state index in [0.29, 0.717) is 0 Å². The number of hydrogen-bond donors (Lipinski definition) is 2. The molecule has 3 N–H and O–H groups in total. The first kappa shape index (κ1) is 9.71. The fourth-order valence-corrected chi connectivity index (χ4v) is 1.19. The van der Waals surface area contributed by atoms with Gasteiger partial charge in [-0.3, -0.25) is 0 Å². The van der Waals surface area contributed by atoms with Crippen molar-refractivity contribution in [1.29, 1.82) is 0 Å². The van der Waals surface area contributed by atoms with E-state index in [-0.39, 0.29) is 6.61 Å². The van der Waals surface area contributed by atoms with E-state index < -0.39 is 5.54 Å². The van der Waals surface area contributed by atoms with Gasteiger partial charge in [0.2, 0.25) is 0 Å². The number of rotatable bonds is 2. The van der Waals surface area contributed by atoms with E-state index >= 15 is 0 Å². The third kappa shape index (κ3) is 2.06. The lowest BCUT2D eigenvalue weighted by Gasteiger charge is -2.21. The number of aliphatic hydroxyl groups is 1. The Hall–Kier alpha value is -0.380. The molecule has 1 aromatic carbocycles. The molecule has 0 aliphatic carbocycles. The van der Waals surface area contributed by atoms with Crippen molar-refractivity contribution in [3.05, 3.63) is 34.3 Å². The molecule has 1 rings (SSSR count). The van der Waals surface area contributed by atoms with E-state index in [1.54, 1.807) is 6.92 Å². The molecule has 0 aliphatic heterocycles. The Morgan fingerprint density at radius 2 is 1.92 bits per heavy atom. The molecule has 3 heteroatoms. The molecule has 0 heterocycles. The van der Waals surface area contributed by atoms with Gasteiger partial charge in [-0.15, -0.1) is 0 Å². The van der Waals surface area contributed by atoms with Crippen LogP contribution in [0.4, 0.5) is 0 Å². The van der Waals surface area contributed by atoms with E-state index in [1.807, 2.05) is 24.3 Å². The molecule has 1 aromatic rings. The molecular weight excluding hydrogens is 218 g/mol. The molecule has 0 fully saturated rings. The van der Waals surface area contributed by atoms with Gasteiger partial charge < -0.3 is 10.8 Å². The molecule has 66 valence electrons. The van der Waals surface area contributed by atoms with Crippen LogP contribution in [-0.2, 0) is 5.54 Å². The Bertz CT molecular complexity index is 256. The zero-order valence-corrected chi connectivity index (χ0v) is 8.51. The summed E-state index contributed by atoms with van der Waals surface area (Å²) >= 11 is 3.33. The Balaban J connectivity index is 2.96. The van der Waals surface area contributed by atoms with Gasteiger partial charge in [0.25, 0.3) is 0 Å². The number of hydrogen-bond acceptors (Lipinski definition) is 2. The van der Waals surface area contributed by atoms with Gasteiger partial charge in [-0.1, -0.05) is 28.1 Å². The smallest absolute Gasteiger partial charge is 0.0650 e. The maximum atomic E-state index is 8.98. The first-order valence-corrected chi connectivity index (χ1v) is 4.51. The zero-order valence-electron chi connectivity index (χ0n) is 6.92. The first-order valence-electron chi connectivity index (χ1n) is 3.72. The molecule has 0 spiro atoms. The highest BCUT2D eigenvalue weighted by atomic mass is 79.9. The maximum Gasteiger partial charge on any atom is 0.0650 e. The molecule has 0 radical (unpaired) electrons. The highest BCUT2D eigenvalue weighted by Gasteiger charge is 2.18. The third-order valence-electron chi connectivity index (χ3n) is 1.83. The van der Waals surface area contributed by atoms with Crippen molar-refractivity contribution in [1.82, 2.24) is 0 Å². The van der Waals surface area contributed by atoms with Crippen LogP contribution >= 0.6 is 15.9 Å². The van der Waals surface area contributed by atoms with E-state index in [2.05, 4.69) is 15.9 Å². The Morgan fingerprint density at radius 3 is 2.33 bits per heavy atom. The van der Waals surface area contributed by atoms with Gasteiger partial charge in [-0.2, -0.15) is 0 Å². The third-order valence-corrected chi connectivity index (χ3v) is 2.36. The monoisotopic (exact) mass is 229 g/mol. The summed E-state index contributed by atoms with van der Waals surface area (Å²) in [6, 6.07) is 7.63. The topological polar surface area (TPSA) is 46.2 Å². The second kappa shape index (κ2) is 3.56. The largest absolute Gasteiger partial charge is 0.394 e. The van der Waals surface area contributed by atoms with Crippen molar-refractivity contribution < 1.29 is 5.11 Å². The molecule has 0 unspecified atom stereocenters. The predicted molar refractivity (Wildman–Crippen MR) is 52.8 cm³/mol. The van der Waals surface area contributed by atoms with Gasteiger partial charge in [0.1, 0.15) is 0 Å². The van der Waals surface area contributed by atoms with Crippen LogP contribution in [-0.4, -0.2) is 11.7 Å². The molecule has 1 atom stereocenters. The summed E-state index contributed by atoms with van der Waals surface area (Å²) in [6.45, 7) is 1.75. The second-order valence-corrected chi connectivity index (χ2v) is 4.00. The Kier molecular flexibility index (Phi) is 2.88. The fourth-order valence-electron chi connectivity index (χ4n) is 0.922. The van der Waals surface area contributed by atoms with Crippen LogP contribution in [0.2, 0.25) is 0 Å². The summed E-state index contributed by atoms with van der Waals surface area (Å²) in [7, 11) is 0. The number of halogens is 1. The number of benzene rings is 1. The lowest BCUT2D eigenvalue weighted by molar-refractivity contribution is 0.210. The molecule has 0 aliphatic rings. The molecule has 12 heavy (non-hydrogen) atoms. The van der Waals surface area contributed by atoms with Crippen LogP contribution in [0.15, 0.2) is 28.7 Å². The summed E-state index contributed by atoms with van der Waals surface area (Å²) in [4.78, 5) is 0. The van der Waals surface area contributed by atoms with Gasteiger partial charge in [-0.05, 0) is 24.6 Å². The average Bonchev–Trinajstić information content (AvgIpc) is 2.05. The second-order valence-electron chi connectivity index (χ2n) is 3.08. The molecule has 0 bridgehead atoms. The van der Waals surface area contributed by atoms with Crippen molar-refractivity contribution in [3.8, 4) is 0 Å². The van der Waals surface area contributed by atoms with Gasteiger partial charge >= 0.3 is 0 Å². The summed E-state index contributed by atoms with van der Waals surface area (Å²) in [5.74, 6) is 0. The summed E-state index contributed by atoms with van der Waals surface area (Å²) in [5, 5.41) is 8.98. The minimum atomic E-state index is -0.638. The van der Waals surface area contributed by atoms with Crippen molar-refractivity contribution in [2.45, 2.75) is 12.5 Å². The lowest BCUT2D eigenvalue weighted by atomic mass is 9.95. The van der Waals surface area contributed by atoms with E-state index in [9.17, 15) is 0 Å². The highest BCUT2D eigenvalue weighted by Crippen LogP contribution is 2.19. The maximum absolute atomic E-state index is 8.98. The van der Waals surface area contributed by atoms with Crippen molar-refractivity contribution in [2.24, 2.45) is 5.73 Å². The SMILES string of the molecule is C[C@](N)(CO)c1ccc(Br)cc1.